The zero-order valence-electron chi connectivity index (χ0n) is 16.7. The van der Waals surface area contributed by atoms with E-state index < -0.39 is 0 Å². The molecule has 1 aliphatic rings. The molecule has 2 heterocycles. The van der Waals surface area contributed by atoms with E-state index in [9.17, 15) is 0 Å². The lowest BCUT2D eigenvalue weighted by Gasteiger charge is -2.34. The molecule has 0 spiro atoms. The fourth-order valence-corrected chi connectivity index (χ4v) is 4.20. The highest BCUT2D eigenvalue weighted by Crippen LogP contribution is 2.19. The summed E-state index contributed by atoms with van der Waals surface area (Å²) in [5, 5.41) is 0. The minimum absolute atomic E-state index is 0.774. The van der Waals surface area contributed by atoms with E-state index in [2.05, 4.69) is 70.7 Å². The number of hydrogen-bond acceptors (Lipinski definition) is 3. The van der Waals surface area contributed by atoms with E-state index >= 15 is 0 Å². The second-order valence-electron chi connectivity index (χ2n) is 7.81. The lowest BCUT2D eigenvalue weighted by atomic mass is 9.96. The molecular weight excluding hydrogens is 320 g/mol. The number of aryl methyl sites for hydroxylation is 2. The molecule has 1 aromatic heterocycles. The summed E-state index contributed by atoms with van der Waals surface area (Å²) in [5.41, 5.74) is 2.92. The average Bonchev–Trinajstić information content (AvgIpc) is 3.08. The largest absolute Gasteiger partial charge is 0.334 e. The standard InChI is InChI=1S/C22H34N4/c1-4-26-15-12-23-22(26)18-24(3)16-20-9-7-13-25(17-20)14-11-21-10-6-5-8-19(21)2/h5-6,8,10,12,15,20H,4,7,9,11,13-14,16-18H2,1-3H3/t20-/m0/s1. The van der Waals surface area contributed by atoms with E-state index in [0.29, 0.717) is 0 Å². The Kier molecular flexibility index (Phi) is 6.86. The molecule has 1 saturated heterocycles. The Bertz CT molecular complexity index is 678. The summed E-state index contributed by atoms with van der Waals surface area (Å²) in [4.78, 5) is 9.63. The van der Waals surface area contributed by atoms with Crippen LogP contribution in [0.3, 0.4) is 0 Å². The molecule has 0 radical (unpaired) electrons. The van der Waals surface area contributed by atoms with Crippen LogP contribution in [-0.2, 0) is 19.5 Å². The first-order valence-electron chi connectivity index (χ1n) is 10.1. The van der Waals surface area contributed by atoms with Crippen molar-refractivity contribution < 1.29 is 0 Å². The summed E-state index contributed by atoms with van der Waals surface area (Å²) in [6.07, 6.45) is 7.85. The fourth-order valence-electron chi connectivity index (χ4n) is 4.20. The molecular formula is C22H34N4. The number of hydrogen-bond donors (Lipinski definition) is 0. The third-order valence-corrected chi connectivity index (χ3v) is 5.69. The van der Waals surface area contributed by atoms with Gasteiger partial charge in [0.1, 0.15) is 5.82 Å². The van der Waals surface area contributed by atoms with Gasteiger partial charge in [-0.1, -0.05) is 24.3 Å². The maximum absolute atomic E-state index is 4.52. The lowest BCUT2D eigenvalue weighted by molar-refractivity contribution is 0.141. The van der Waals surface area contributed by atoms with Gasteiger partial charge in [-0.05, 0) is 63.7 Å². The maximum Gasteiger partial charge on any atom is 0.122 e. The third-order valence-electron chi connectivity index (χ3n) is 5.69. The normalized spacial score (nSPS) is 18.5. The molecule has 4 heteroatoms. The van der Waals surface area contributed by atoms with Crippen molar-refractivity contribution in [2.45, 2.75) is 46.2 Å². The summed E-state index contributed by atoms with van der Waals surface area (Å²) >= 11 is 0. The van der Waals surface area contributed by atoms with Gasteiger partial charge in [0.2, 0.25) is 0 Å². The van der Waals surface area contributed by atoms with Gasteiger partial charge >= 0.3 is 0 Å². The molecule has 142 valence electrons. The Labute approximate surface area is 158 Å². The molecule has 0 N–H and O–H groups in total. The first kappa shape index (κ1) is 19.1. The first-order valence-corrected chi connectivity index (χ1v) is 10.1. The summed E-state index contributed by atoms with van der Waals surface area (Å²) in [5.74, 6) is 1.96. The molecule has 3 rings (SSSR count). The molecule has 2 aromatic rings. The molecule has 1 atom stereocenters. The maximum atomic E-state index is 4.52. The van der Waals surface area contributed by atoms with Crippen LogP contribution < -0.4 is 0 Å². The van der Waals surface area contributed by atoms with Gasteiger partial charge in [0.05, 0.1) is 6.54 Å². The molecule has 0 amide bonds. The number of aromatic nitrogens is 2. The number of rotatable bonds is 8. The number of likely N-dealkylation sites (tertiary alicyclic amines) is 1. The van der Waals surface area contributed by atoms with Crippen molar-refractivity contribution in [2.24, 2.45) is 5.92 Å². The van der Waals surface area contributed by atoms with Gasteiger partial charge in [-0.25, -0.2) is 4.98 Å². The minimum Gasteiger partial charge on any atom is -0.334 e. The Morgan fingerprint density at radius 2 is 2.12 bits per heavy atom. The van der Waals surface area contributed by atoms with Crippen LogP contribution in [0, 0.1) is 12.8 Å². The molecule has 0 bridgehead atoms. The van der Waals surface area contributed by atoms with Gasteiger partial charge < -0.3 is 9.47 Å². The molecule has 0 unspecified atom stereocenters. The highest BCUT2D eigenvalue weighted by molar-refractivity contribution is 5.25. The van der Waals surface area contributed by atoms with E-state index in [4.69, 9.17) is 0 Å². The average molecular weight is 355 g/mol. The monoisotopic (exact) mass is 354 g/mol. The van der Waals surface area contributed by atoms with Crippen molar-refractivity contribution in [3.63, 3.8) is 0 Å². The van der Waals surface area contributed by atoms with E-state index in [0.717, 1.165) is 25.6 Å². The molecule has 0 aliphatic carbocycles. The Hall–Kier alpha value is -1.65. The molecule has 1 fully saturated rings. The van der Waals surface area contributed by atoms with Crippen LogP contribution in [0.4, 0.5) is 0 Å². The van der Waals surface area contributed by atoms with Gasteiger partial charge in [0, 0.05) is 38.6 Å². The van der Waals surface area contributed by atoms with Crippen LogP contribution in [0.2, 0.25) is 0 Å². The van der Waals surface area contributed by atoms with Crippen molar-refractivity contribution in [1.29, 1.82) is 0 Å². The summed E-state index contributed by atoms with van der Waals surface area (Å²) < 4.78 is 2.24. The smallest absolute Gasteiger partial charge is 0.122 e. The van der Waals surface area contributed by atoms with Gasteiger partial charge in [-0.3, -0.25) is 4.90 Å². The number of imidazole rings is 1. The fraction of sp³-hybridized carbons (Fsp3) is 0.591. The Balaban J connectivity index is 1.46. The predicted octanol–water partition coefficient (Wildman–Crippen LogP) is 3.60. The van der Waals surface area contributed by atoms with Crippen molar-refractivity contribution in [3.8, 4) is 0 Å². The predicted molar refractivity (Wildman–Crippen MR) is 108 cm³/mol. The zero-order valence-corrected chi connectivity index (χ0v) is 16.7. The minimum atomic E-state index is 0.774. The third kappa shape index (κ3) is 5.18. The number of benzene rings is 1. The van der Waals surface area contributed by atoms with Crippen LogP contribution in [0.1, 0.15) is 36.7 Å². The van der Waals surface area contributed by atoms with Gasteiger partial charge in [0.15, 0.2) is 0 Å². The summed E-state index contributed by atoms with van der Waals surface area (Å²) in [7, 11) is 2.24. The number of nitrogens with zero attached hydrogens (tertiary/aromatic N) is 4. The first-order chi connectivity index (χ1) is 12.7. The van der Waals surface area contributed by atoms with Crippen LogP contribution in [-0.4, -0.2) is 52.6 Å². The van der Waals surface area contributed by atoms with E-state index in [1.165, 1.54) is 55.8 Å². The highest BCUT2D eigenvalue weighted by Gasteiger charge is 2.21. The molecule has 1 aromatic carbocycles. The molecule has 4 nitrogen and oxygen atoms in total. The van der Waals surface area contributed by atoms with E-state index in [-0.39, 0.29) is 0 Å². The van der Waals surface area contributed by atoms with Crippen LogP contribution in [0.5, 0.6) is 0 Å². The summed E-state index contributed by atoms with van der Waals surface area (Å²) in [6, 6.07) is 8.80. The summed E-state index contributed by atoms with van der Waals surface area (Å²) in [6.45, 7) is 11.2. The quantitative estimate of drug-likeness (QED) is 0.724. The second-order valence-corrected chi connectivity index (χ2v) is 7.81. The molecule has 26 heavy (non-hydrogen) atoms. The van der Waals surface area contributed by atoms with E-state index in [1.54, 1.807) is 0 Å². The van der Waals surface area contributed by atoms with Crippen molar-refractivity contribution in [1.82, 2.24) is 19.4 Å². The van der Waals surface area contributed by atoms with Gasteiger partial charge in [-0.15, -0.1) is 0 Å². The SMILES string of the molecule is CCn1ccnc1CN(C)C[C@@H]1CCCN(CCc2ccccc2C)C1. The Morgan fingerprint density at radius 3 is 2.92 bits per heavy atom. The van der Waals surface area contributed by atoms with Crippen LogP contribution in [0.15, 0.2) is 36.7 Å². The molecule has 1 aliphatic heterocycles. The zero-order chi connectivity index (χ0) is 18.4. The van der Waals surface area contributed by atoms with Crippen molar-refractivity contribution in [3.05, 3.63) is 53.6 Å². The number of piperidine rings is 1. The van der Waals surface area contributed by atoms with Crippen molar-refractivity contribution >= 4 is 0 Å². The molecule has 0 saturated carbocycles. The lowest BCUT2D eigenvalue weighted by Crippen LogP contribution is -2.41. The van der Waals surface area contributed by atoms with Crippen LogP contribution >= 0.6 is 0 Å². The van der Waals surface area contributed by atoms with Gasteiger partial charge in [-0.2, -0.15) is 0 Å². The van der Waals surface area contributed by atoms with E-state index in [1.807, 2.05) is 6.20 Å². The van der Waals surface area contributed by atoms with Crippen molar-refractivity contribution in [2.75, 3.05) is 33.2 Å². The topological polar surface area (TPSA) is 24.3 Å². The van der Waals surface area contributed by atoms with Crippen LogP contribution in [0.25, 0.3) is 0 Å². The van der Waals surface area contributed by atoms with Gasteiger partial charge in [0.25, 0.3) is 0 Å². The second kappa shape index (κ2) is 9.33. The highest BCUT2D eigenvalue weighted by atomic mass is 15.2. The Morgan fingerprint density at radius 1 is 1.27 bits per heavy atom.